The van der Waals surface area contributed by atoms with E-state index in [1.54, 1.807) is 7.11 Å². The third kappa shape index (κ3) is 4.97. The predicted molar refractivity (Wildman–Crippen MR) is 123 cm³/mol. The van der Waals surface area contributed by atoms with Crippen LogP contribution >= 0.6 is 0 Å². The first-order valence-electron chi connectivity index (χ1n) is 11.2. The number of rotatable bonds is 8. The summed E-state index contributed by atoms with van der Waals surface area (Å²) in [7, 11) is 1.73. The number of methoxy groups -OCH3 is 1. The molecule has 3 aromatic rings. The average molecular weight is 421 g/mol. The van der Waals surface area contributed by atoms with Crippen molar-refractivity contribution in [2.24, 2.45) is 5.73 Å². The second-order valence-electron chi connectivity index (χ2n) is 8.36. The highest BCUT2D eigenvalue weighted by Crippen LogP contribution is 2.30. The van der Waals surface area contributed by atoms with Gasteiger partial charge in [-0.05, 0) is 37.0 Å². The highest BCUT2D eigenvalue weighted by atomic mass is 16.5. The van der Waals surface area contributed by atoms with Crippen molar-refractivity contribution in [3.05, 3.63) is 66.0 Å². The van der Waals surface area contributed by atoms with E-state index >= 15 is 0 Å². The summed E-state index contributed by atoms with van der Waals surface area (Å²) in [5.41, 5.74) is 9.49. The molecule has 31 heavy (non-hydrogen) atoms. The number of ether oxygens (including phenoxy) is 1. The number of hydrogen-bond acceptors (Lipinski definition) is 4. The molecule has 0 radical (unpaired) electrons. The number of likely N-dealkylation sites (tertiary alicyclic amines) is 1. The first-order valence-corrected chi connectivity index (χ1v) is 11.2. The molecule has 1 aliphatic heterocycles. The fourth-order valence-electron chi connectivity index (χ4n) is 4.56. The molecule has 0 spiro atoms. The summed E-state index contributed by atoms with van der Waals surface area (Å²) < 4.78 is 7.58. The van der Waals surface area contributed by atoms with Crippen molar-refractivity contribution >= 4 is 16.9 Å². The van der Waals surface area contributed by atoms with Crippen LogP contribution in [-0.2, 0) is 16.1 Å². The van der Waals surface area contributed by atoms with E-state index in [1.165, 1.54) is 0 Å². The lowest BCUT2D eigenvalue weighted by Crippen LogP contribution is -2.40. The Hall–Kier alpha value is -2.70. The lowest BCUT2D eigenvalue weighted by atomic mass is 9.96. The zero-order valence-electron chi connectivity index (χ0n) is 18.2. The Bertz CT molecular complexity index is 1000. The maximum absolute atomic E-state index is 13.0. The van der Waals surface area contributed by atoms with Gasteiger partial charge >= 0.3 is 0 Å². The summed E-state index contributed by atoms with van der Waals surface area (Å²) in [5.74, 6) is 1.45. The van der Waals surface area contributed by atoms with Crippen LogP contribution in [0.1, 0.15) is 49.0 Å². The van der Waals surface area contributed by atoms with Gasteiger partial charge in [-0.3, -0.25) is 4.79 Å². The van der Waals surface area contributed by atoms with Crippen LogP contribution in [0.25, 0.3) is 11.0 Å². The summed E-state index contributed by atoms with van der Waals surface area (Å²) in [6, 6.07) is 17.9. The third-order valence-electron chi connectivity index (χ3n) is 6.18. The molecule has 2 aromatic carbocycles. The fraction of sp³-hybridized carbons (Fsp3) is 0.440. The second-order valence-corrected chi connectivity index (χ2v) is 8.36. The Kier molecular flexibility index (Phi) is 6.99. The third-order valence-corrected chi connectivity index (χ3v) is 6.18. The van der Waals surface area contributed by atoms with Crippen LogP contribution in [0, 0.1) is 0 Å². The van der Waals surface area contributed by atoms with Crippen molar-refractivity contribution in [3.63, 3.8) is 0 Å². The van der Waals surface area contributed by atoms with Gasteiger partial charge in [-0.15, -0.1) is 0 Å². The molecule has 0 bridgehead atoms. The highest BCUT2D eigenvalue weighted by molar-refractivity contribution is 5.78. The molecule has 0 saturated carbocycles. The molecule has 1 saturated heterocycles. The van der Waals surface area contributed by atoms with Crippen LogP contribution in [0.2, 0.25) is 0 Å². The molecule has 2 heterocycles. The summed E-state index contributed by atoms with van der Waals surface area (Å²) in [4.78, 5) is 20.0. The number of hydrogen-bond donors (Lipinski definition) is 1. The quantitative estimate of drug-likeness (QED) is 0.562. The SMILES string of the molecule is COCCCn1c([C@@H]2CCCN(C(=O)C[C@H](N)c3ccccc3)C2)nc2ccccc21. The number of carbonyl (C=O) groups is 1. The summed E-state index contributed by atoms with van der Waals surface area (Å²) in [6.45, 7) is 3.08. The fourth-order valence-corrected chi connectivity index (χ4v) is 4.56. The lowest BCUT2D eigenvalue weighted by Gasteiger charge is -2.33. The maximum atomic E-state index is 13.0. The number of nitrogens with zero attached hydrogens (tertiary/aromatic N) is 3. The lowest BCUT2D eigenvalue weighted by molar-refractivity contribution is -0.132. The Morgan fingerprint density at radius 1 is 1.19 bits per heavy atom. The van der Waals surface area contributed by atoms with E-state index in [2.05, 4.69) is 22.8 Å². The minimum absolute atomic E-state index is 0.128. The minimum atomic E-state index is -0.271. The van der Waals surface area contributed by atoms with Crippen LogP contribution in [0.3, 0.4) is 0 Å². The zero-order valence-corrected chi connectivity index (χ0v) is 18.2. The number of fused-ring (bicyclic) bond motifs is 1. The minimum Gasteiger partial charge on any atom is -0.385 e. The Morgan fingerprint density at radius 2 is 1.97 bits per heavy atom. The molecule has 0 unspecified atom stereocenters. The van der Waals surface area contributed by atoms with Crippen molar-refractivity contribution in [2.45, 2.75) is 44.2 Å². The largest absolute Gasteiger partial charge is 0.385 e. The van der Waals surface area contributed by atoms with Gasteiger partial charge in [0.2, 0.25) is 5.91 Å². The molecule has 2 N–H and O–H groups in total. The molecule has 4 rings (SSSR count). The first-order chi connectivity index (χ1) is 15.2. The number of nitrogens with two attached hydrogens (primary N) is 1. The van der Waals surface area contributed by atoms with Gasteiger partial charge in [0.05, 0.1) is 11.0 Å². The summed E-state index contributed by atoms with van der Waals surface area (Å²) in [5, 5.41) is 0. The van der Waals surface area contributed by atoms with E-state index < -0.39 is 0 Å². The standard InChI is InChI=1S/C25H32N4O2/c1-31-16-8-15-29-23-13-6-5-12-22(23)27-25(29)20-11-7-14-28(18-20)24(30)17-21(26)19-9-3-2-4-10-19/h2-6,9-10,12-13,20-21H,7-8,11,14-18,26H2,1H3/t20-,21+/m1/s1. The van der Waals surface area contributed by atoms with E-state index in [9.17, 15) is 4.79 Å². The normalized spacial score (nSPS) is 17.7. The van der Waals surface area contributed by atoms with Crippen LogP contribution in [0.4, 0.5) is 0 Å². The van der Waals surface area contributed by atoms with Crippen molar-refractivity contribution in [1.82, 2.24) is 14.5 Å². The van der Waals surface area contributed by atoms with E-state index in [-0.39, 0.29) is 17.9 Å². The molecule has 1 fully saturated rings. The molecule has 6 heteroatoms. The molecule has 1 aliphatic rings. The van der Waals surface area contributed by atoms with Crippen LogP contribution in [-0.4, -0.2) is 47.2 Å². The van der Waals surface area contributed by atoms with Crippen LogP contribution in [0.5, 0.6) is 0 Å². The molecule has 6 nitrogen and oxygen atoms in total. The van der Waals surface area contributed by atoms with E-state index in [0.717, 1.165) is 61.4 Å². The van der Waals surface area contributed by atoms with Gasteiger partial charge in [0.15, 0.2) is 0 Å². The summed E-state index contributed by atoms with van der Waals surface area (Å²) in [6.07, 6.45) is 3.30. The van der Waals surface area contributed by atoms with Gasteiger partial charge < -0.3 is 19.9 Å². The Labute approximate surface area is 184 Å². The molecule has 1 aromatic heterocycles. The monoisotopic (exact) mass is 420 g/mol. The van der Waals surface area contributed by atoms with E-state index in [1.807, 2.05) is 41.3 Å². The van der Waals surface area contributed by atoms with Crippen LogP contribution < -0.4 is 5.73 Å². The number of para-hydroxylation sites is 2. The van der Waals surface area contributed by atoms with Gasteiger partial charge in [-0.2, -0.15) is 0 Å². The number of imidazole rings is 1. The molecule has 2 atom stereocenters. The zero-order chi connectivity index (χ0) is 21.6. The van der Waals surface area contributed by atoms with Gasteiger partial charge in [-0.1, -0.05) is 42.5 Å². The van der Waals surface area contributed by atoms with Gasteiger partial charge in [-0.25, -0.2) is 4.98 Å². The number of aryl methyl sites for hydroxylation is 1. The number of aromatic nitrogens is 2. The van der Waals surface area contributed by atoms with Crippen molar-refractivity contribution < 1.29 is 9.53 Å². The van der Waals surface area contributed by atoms with Gasteiger partial charge in [0.1, 0.15) is 5.82 Å². The topological polar surface area (TPSA) is 73.4 Å². The van der Waals surface area contributed by atoms with Gasteiger partial charge in [0.25, 0.3) is 0 Å². The Balaban J connectivity index is 1.49. The first kappa shape index (κ1) is 21.5. The predicted octanol–water partition coefficient (Wildman–Crippen LogP) is 3.87. The Morgan fingerprint density at radius 3 is 2.77 bits per heavy atom. The molecule has 0 aliphatic carbocycles. The van der Waals surface area contributed by atoms with Crippen molar-refractivity contribution in [2.75, 3.05) is 26.8 Å². The van der Waals surface area contributed by atoms with Crippen molar-refractivity contribution in [1.29, 1.82) is 0 Å². The van der Waals surface area contributed by atoms with Crippen LogP contribution in [0.15, 0.2) is 54.6 Å². The highest BCUT2D eigenvalue weighted by Gasteiger charge is 2.29. The average Bonchev–Trinajstić information content (AvgIpc) is 3.18. The van der Waals surface area contributed by atoms with E-state index in [4.69, 9.17) is 15.5 Å². The molecule has 164 valence electrons. The van der Waals surface area contributed by atoms with Crippen molar-refractivity contribution in [3.8, 4) is 0 Å². The molecule has 1 amide bonds. The smallest absolute Gasteiger partial charge is 0.224 e. The second kappa shape index (κ2) is 10.1. The van der Waals surface area contributed by atoms with E-state index in [0.29, 0.717) is 13.0 Å². The molecular formula is C25H32N4O2. The number of benzene rings is 2. The molecular weight excluding hydrogens is 388 g/mol. The summed E-state index contributed by atoms with van der Waals surface area (Å²) >= 11 is 0. The number of carbonyl (C=O) groups excluding carboxylic acids is 1. The number of amides is 1. The van der Waals surface area contributed by atoms with Gasteiger partial charge in [0, 0.05) is 51.7 Å². The maximum Gasteiger partial charge on any atom is 0.224 e. The number of piperidine rings is 1.